The lowest BCUT2D eigenvalue weighted by molar-refractivity contribution is -0.469. The van der Waals surface area contributed by atoms with Crippen molar-refractivity contribution in [2.75, 3.05) is 0 Å². The Morgan fingerprint density at radius 3 is 2.32 bits per heavy atom. The van der Waals surface area contributed by atoms with E-state index in [0.29, 0.717) is 27.7 Å². The van der Waals surface area contributed by atoms with Gasteiger partial charge < -0.3 is 5.21 Å². The Bertz CT molecular complexity index is 1560. The first kappa shape index (κ1) is 21.3. The second-order valence-electron chi connectivity index (χ2n) is 7.90. The highest BCUT2D eigenvalue weighted by molar-refractivity contribution is 5.94. The van der Waals surface area contributed by atoms with E-state index in [9.17, 15) is 14.4 Å². The molecular formula is C28H20FN3O2. The number of hydrogen-bond donors (Lipinski definition) is 0. The summed E-state index contributed by atoms with van der Waals surface area (Å²) in [6.45, 7) is 0.238. The molecule has 0 N–H and O–H groups in total. The summed E-state index contributed by atoms with van der Waals surface area (Å²) in [7, 11) is 0. The number of fused-ring (bicyclic) bond motifs is 1. The quantitative estimate of drug-likeness (QED) is 0.158. The molecule has 0 aliphatic heterocycles. The van der Waals surface area contributed by atoms with Gasteiger partial charge in [0.05, 0.1) is 16.8 Å². The molecule has 5 aromatic rings. The van der Waals surface area contributed by atoms with Crippen LogP contribution < -0.4 is 5.56 Å². The largest absolute Gasteiger partial charge is 0.624 e. The fourth-order valence-electron chi connectivity index (χ4n) is 3.90. The molecular weight excluding hydrogens is 429 g/mol. The summed E-state index contributed by atoms with van der Waals surface area (Å²) in [6.07, 6.45) is 1.54. The zero-order valence-electron chi connectivity index (χ0n) is 18.1. The highest BCUT2D eigenvalue weighted by Gasteiger charge is 2.14. The van der Waals surface area contributed by atoms with Gasteiger partial charge in [0.2, 0.25) is 0 Å². The van der Waals surface area contributed by atoms with Crippen LogP contribution in [0.2, 0.25) is 0 Å². The van der Waals surface area contributed by atoms with Crippen molar-refractivity contribution in [3.05, 3.63) is 136 Å². The lowest BCUT2D eigenvalue weighted by Gasteiger charge is -2.12. The predicted octanol–water partition coefficient (Wildman–Crippen LogP) is 5.32. The molecule has 0 unspecified atom stereocenters. The molecule has 6 heteroatoms. The molecule has 166 valence electrons. The molecule has 0 spiro atoms. The number of hydroxylamine groups is 1. The van der Waals surface area contributed by atoms with Crippen LogP contribution in [0.4, 0.5) is 4.39 Å². The Balaban J connectivity index is 1.60. The van der Waals surface area contributed by atoms with Crippen molar-refractivity contribution in [1.82, 2.24) is 9.78 Å². The molecule has 0 aliphatic carbocycles. The molecule has 0 amide bonds. The Morgan fingerprint density at radius 2 is 1.56 bits per heavy atom. The average Bonchev–Trinajstić information content (AvgIpc) is 2.86. The van der Waals surface area contributed by atoms with Gasteiger partial charge in [0.25, 0.3) is 5.56 Å². The summed E-state index contributed by atoms with van der Waals surface area (Å²) in [4.78, 5) is 13.1. The SMILES string of the molecule is O=c1c2ccccc2c(-c2cccc(C=[N+]([O-])Cc3ccccc3)c2)nn1-c1ccc(F)cc1. The Labute approximate surface area is 195 Å². The van der Waals surface area contributed by atoms with Crippen LogP contribution in [0.5, 0.6) is 0 Å². The van der Waals surface area contributed by atoms with Crippen LogP contribution in [-0.4, -0.2) is 20.7 Å². The topological polar surface area (TPSA) is 61.0 Å². The Kier molecular flexibility index (Phi) is 5.70. The summed E-state index contributed by atoms with van der Waals surface area (Å²) >= 11 is 0. The van der Waals surface area contributed by atoms with Crippen LogP contribution in [0.1, 0.15) is 11.1 Å². The number of hydrogen-bond acceptors (Lipinski definition) is 3. The van der Waals surface area contributed by atoms with Crippen LogP contribution in [0.15, 0.2) is 108 Å². The summed E-state index contributed by atoms with van der Waals surface area (Å²) in [6, 6.07) is 29.8. The van der Waals surface area contributed by atoms with Crippen molar-refractivity contribution >= 4 is 17.0 Å². The van der Waals surface area contributed by atoms with E-state index in [1.807, 2.05) is 66.7 Å². The normalized spacial score (nSPS) is 11.6. The maximum absolute atomic E-state index is 13.4. The van der Waals surface area contributed by atoms with Gasteiger partial charge in [-0.2, -0.15) is 9.78 Å². The van der Waals surface area contributed by atoms with Gasteiger partial charge >= 0.3 is 0 Å². The molecule has 34 heavy (non-hydrogen) atoms. The first-order valence-corrected chi connectivity index (χ1v) is 10.8. The van der Waals surface area contributed by atoms with Crippen LogP contribution in [0.3, 0.4) is 0 Å². The first-order chi connectivity index (χ1) is 16.6. The van der Waals surface area contributed by atoms with Crippen LogP contribution in [0.25, 0.3) is 27.7 Å². The molecule has 4 aromatic carbocycles. The maximum atomic E-state index is 13.4. The fourth-order valence-corrected chi connectivity index (χ4v) is 3.90. The number of halogens is 1. The van der Waals surface area contributed by atoms with E-state index in [0.717, 1.165) is 15.9 Å². The highest BCUT2D eigenvalue weighted by atomic mass is 19.1. The van der Waals surface area contributed by atoms with Crippen molar-refractivity contribution in [3.8, 4) is 16.9 Å². The van der Waals surface area contributed by atoms with Gasteiger partial charge in [0.15, 0.2) is 12.8 Å². The van der Waals surface area contributed by atoms with E-state index in [1.165, 1.54) is 35.2 Å². The van der Waals surface area contributed by atoms with E-state index in [1.54, 1.807) is 12.1 Å². The van der Waals surface area contributed by atoms with Gasteiger partial charge in [0, 0.05) is 22.1 Å². The molecule has 0 radical (unpaired) electrons. The van der Waals surface area contributed by atoms with Crippen LogP contribution in [-0.2, 0) is 6.54 Å². The molecule has 0 saturated heterocycles. The second kappa shape index (κ2) is 9.11. The zero-order valence-corrected chi connectivity index (χ0v) is 18.1. The zero-order chi connectivity index (χ0) is 23.5. The van der Waals surface area contributed by atoms with Crippen molar-refractivity contribution in [3.63, 3.8) is 0 Å². The second-order valence-corrected chi connectivity index (χ2v) is 7.90. The monoisotopic (exact) mass is 449 g/mol. The Morgan fingerprint density at radius 1 is 0.853 bits per heavy atom. The standard InChI is InChI=1S/C28H20FN3O2/c29-23-13-15-24(16-14-23)32-28(33)26-12-5-4-11-25(26)27(30-32)22-10-6-9-21(17-22)19-31(34)18-20-7-2-1-3-8-20/h1-17,19H,18H2. The summed E-state index contributed by atoms with van der Waals surface area (Å²) in [5.74, 6) is -0.390. The molecule has 5 rings (SSSR count). The predicted molar refractivity (Wildman–Crippen MR) is 132 cm³/mol. The van der Waals surface area contributed by atoms with Gasteiger partial charge in [0.1, 0.15) is 5.82 Å². The van der Waals surface area contributed by atoms with E-state index in [2.05, 4.69) is 5.10 Å². The molecule has 0 fully saturated rings. The van der Waals surface area contributed by atoms with Gasteiger partial charge in [-0.1, -0.05) is 60.7 Å². The third-order valence-electron chi connectivity index (χ3n) is 5.51. The average molecular weight is 449 g/mol. The molecule has 0 bridgehead atoms. The van der Waals surface area contributed by atoms with Gasteiger partial charge in [-0.3, -0.25) is 4.79 Å². The third kappa shape index (κ3) is 4.34. The first-order valence-electron chi connectivity index (χ1n) is 10.8. The third-order valence-corrected chi connectivity index (χ3v) is 5.51. The van der Waals surface area contributed by atoms with E-state index >= 15 is 0 Å². The summed E-state index contributed by atoms with van der Waals surface area (Å²) in [5.41, 5.74) is 3.17. The van der Waals surface area contributed by atoms with Crippen molar-refractivity contribution < 1.29 is 9.13 Å². The van der Waals surface area contributed by atoms with Crippen molar-refractivity contribution in [2.24, 2.45) is 0 Å². The van der Waals surface area contributed by atoms with Crippen molar-refractivity contribution in [2.45, 2.75) is 6.54 Å². The molecule has 0 atom stereocenters. The maximum Gasteiger partial charge on any atom is 0.279 e. The minimum Gasteiger partial charge on any atom is -0.624 e. The molecule has 5 nitrogen and oxygen atoms in total. The minimum absolute atomic E-state index is 0.238. The smallest absolute Gasteiger partial charge is 0.279 e. The van der Waals surface area contributed by atoms with E-state index in [-0.39, 0.29) is 12.1 Å². The number of benzene rings is 4. The molecule has 1 aromatic heterocycles. The van der Waals surface area contributed by atoms with Crippen LogP contribution >= 0.6 is 0 Å². The van der Waals surface area contributed by atoms with Gasteiger partial charge in [-0.25, -0.2) is 9.13 Å². The van der Waals surface area contributed by atoms with Crippen LogP contribution in [0, 0.1) is 11.0 Å². The number of nitrogens with zero attached hydrogens (tertiary/aromatic N) is 3. The molecule has 1 heterocycles. The highest BCUT2D eigenvalue weighted by Crippen LogP contribution is 2.26. The van der Waals surface area contributed by atoms with Gasteiger partial charge in [-0.15, -0.1) is 0 Å². The number of rotatable bonds is 5. The van der Waals surface area contributed by atoms with E-state index < -0.39 is 5.82 Å². The fraction of sp³-hybridized carbons (Fsp3) is 0.0357. The lowest BCUT2D eigenvalue weighted by Crippen LogP contribution is -2.22. The van der Waals surface area contributed by atoms with Crippen molar-refractivity contribution in [1.29, 1.82) is 0 Å². The van der Waals surface area contributed by atoms with E-state index in [4.69, 9.17) is 0 Å². The number of aromatic nitrogens is 2. The van der Waals surface area contributed by atoms with Gasteiger partial charge in [-0.05, 0) is 42.5 Å². The summed E-state index contributed by atoms with van der Waals surface area (Å²) in [5, 5.41) is 18.4. The minimum atomic E-state index is -0.390. The molecule has 0 aliphatic rings. The summed E-state index contributed by atoms with van der Waals surface area (Å²) < 4.78 is 15.6. The molecule has 0 saturated carbocycles. The lowest BCUT2D eigenvalue weighted by atomic mass is 10.0. The Hall–Kier alpha value is -4.58.